The van der Waals surface area contributed by atoms with Gasteiger partial charge in [-0.25, -0.2) is 9.18 Å². The van der Waals surface area contributed by atoms with Crippen LogP contribution in [0.3, 0.4) is 0 Å². The second-order valence-corrected chi connectivity index (χ2v) is 4.63. The maximum Gasteiger partial charge on any atom is 0.337 e. The van der Waals surface area contributed by atoms with Crippen LogP contribution < -0.4 is 5.32 Å². The number of carboxylic acids is 1. The van der Waals surface area contributed by atoms with E-state index in [0.717, 1.165) is 23.4 Å². The minimum Gasteiger partial charge on any atom is -0.478 e. The van der Waals surface area contributed by atoms with E-state index in [-0.39, 0.29) is 17.7 Å². The number of carbonyl (C=O) groups excluding carboxylic acids is 1. The highest BCUT2D eigenvalue weighted by Gasteiger charge is 2.16. The standard InChI is InChI=1S/C14H14FN3O3/c1-7-10(8(2)18-17-7)6-13(19)16-12-4-3-9(15)5-11(12)14(20)21/h3-5H,6H2,1-2H3,(H,16,19)(H,17,18)(H,20,21). The second-order valence-electron chi connectivity index (χ2n) is 4.63. The first-order chi connectivity index (χ1) is 9.88. The lowest BCUT2D eigenvalue weighted by molar-refractivity contribution is -0.115. The lowest BCUT2D eigenvalue weighted by Gasteiger charge is -2.08. The summed E-state index contributed by atoms with van der Waals surface area (Å²) in [7, 11) is 0. The van der Waals surface area contributed by atoms with Crippen molar-refractivity contribution in [3.63, 3.8) is 0 Å². The van der Waals surface area contributed by atoms with Crippen molar-refractivity contribution in [3.05, 3.63) is 46.5 Å². The number of carboxylic acid groups (broad SMARTS) is 1. The van der Waals surface area contributed by atoms with Crippen LogP contribution in [0.15, 0.2) is 18.2 Å². The van der Waals surface area contributed by atoms with Gasteiger partial charge in [0.25, 0.3) is 0 Å². The van der Waals surface area contributed by atoms with Crippen molar-refractivity contribution >= 4 is 17.6 Å². The first-order valence-electron chi connectivity index (χ1n) is 6.21. The molecule has 0 bridgehead atoms. The van der Waals surface area contributed by atoms with E-state index in [0.29, 0.717) is 5.69 Å². The fourth-order valence-electron chi connectivity index (χ4n) is 1.99. The van der Waals surface area contributed by atoms with E-state index in [1.165, 1.54) is 6.07 Å². The van der Waals surface area contributed by atoms with Gasteiger partial charge in [-0.3, -0.25) is 9.89 Å². The molecule has 2 aromatic rings. The molecule has 0 aliphatic rings. The van der Waals surface area contributed by atoms with Gasteiger partial charge < -0.3 is 10.4 Å². The Balaban J connectivity index is 2.19. The molecule has 0 spiro atoms. The van der Waals surface area contributed by atoms with E-state index in [4.69, 9.17) is 5.11 Å². The molecule has 0 saturated heterocycles. The molecule has 1 amide bonds. The van der Waals surface area contributed by atoms with Crippen molar-refractivity contribution < 1.29 is 19.1 Å². The zero-order valence-corrected chi connectivity index (χ0v) is 11.5. The number of nitrogens with one attached hydrogen (secondary N) is 2. The highest BCUT2D eigenvalue weighted by Crippen LogP contribution is 2.18. The largest absolute Gasteiger partial charge is 0.478 e. The molecule has 0 aliphatic carbocycles. The number of amides is 1. The van der Waals surface area contributed by atoms with Crippen LogP contribution in [0.2, 0.25) is 0 Å². The molecule has 1 aromatic carbocycles. The number of benzene rings is 1. The van der Waals surface area contributed by atoms with Crippen molar-refractivity contribution in [3.8, 4) is 0 Å². The highest BCUT2D eigenvalue weighted by atomic mass is 19.1. The summed E-state index contributed by atoms with van der Waals surface area (Å²) in [6.45, 7) is 3.57. The summed E-state index contributed by atoms with van der Waals surface area (Å²) in [4.78, 5) is 23.1. The average Bonchev–Trinajstić information content (AvgIpc) is 2.72. The minimum atomic E-state index is -1.31. The molecule has 3 N–H and O–H groups in total. The quantitative estimate of drug-likeness (QED) is 0.803. The van der Waals surface area contributed by atoms with Crippen LogP contribution in [0.5, 0.6) is 0 Å². The average molecular weight is 291 g/mol. The zero-order chi connectivity index (χ0) is 15.6. The topological polar surface area (TPSA) is 95.1 Å². The Morgan fingerprint density at radius 1 is 1.38 bits per heavy atom. The molecule has 21 heavy (non-hydrogen) atoms. The van der Waals surface area contributed by atoms with Crippen molar-refractivity contribution in [2.75, 3.05) is 5.32 Å². The molecule has 0 fully saturated rings. The number of hydrogen-bond donors (Lipinski definition) is 3. The van der Waals surface area contributed by atoms with Gasteiger partial charge in [0.15, 0.2) is 0 Å². The lowest BCUT2D eigenvalue weighted by Crippen LogP contribution is -2.17. The number of aromatic amines is 1. The SMILES string of the molecule is Cc1n[nH]c(C)c1CC(=O)Nc1ccc(F)cc1C(=O)O. The number of aromatic carboxylic acids is 1. The molecule has 6 nitrogen and oxygen atoms in total. The molecule has 0 aliphatic heterocycles. The van der Waals surface area contributed by atoms with Gasteiger partial charge in [-0.1, -0.05) is 0 Å². The fourth-order valence-corrected chi connectivity index (χ4v) is 1.99. The van der Waals surface area contributed by atoms with E-state index in [1.54, 1.807) is 13.8 Å². The minimum absolute atomic E-state index is 0.0601. The molecular weight excluding hydrogens is 277 g/mol. The number of hydrogen-bond acceptors (Lipinski definition) is 3. The third kappa shape index (κ3) is 3.25. The Kier molecular flexibility index (Phi) is 4.02. The summed E-state index contributed by atoms with van der Waals surface area (Å²) in [6.07, 6.45) is 0.0601. The van der Waals surface area contributed by atoms with Crippen LogP contribution in [0.4, 0.5) is 10.1 Å². The number of aromatic nitrogens is 2. The van der Waals surface area contributed by atoms with Gasteiger partial charge in [0, 0.05) is 11.3 Å². The van der Waals surface area contributed by atoms with E-state index in [2.05, 4.69) is 15.5 Å². The Morgan fingerprint density at radius 2 is 2.10 bits per heavy atom. The van der Waals surface area contributed by atoms with Gasteiger partial charge in [-0.2, -0.15) is 5.10 Å². The maximum absolute atomic E-state index is 13.1. The smallest absolute Gasteiger partial charge is 0.337 e. The Morgan fingerprint density at radius 3 is 2.67 bits per heavy atom. The predicted molar refractivity (Wildman–Crippen MR) is 73.8 cm³/mol. The van der Waals surface area contributed by atoms with Crippen LogP contribution in [0, 0.1) is 19.7 Å². The predicted octanol–water partition coefficient (Wildman–Crippen LogP) is 2.05. The highest BCUT2D eigenvalue weighted by molar-refractivity contribution is 6.01. The molecule has 0 unspecified atom stereocenters. The summed E-state index contributed by atoms with van der Waals surface area (Å²) >= 11 is 0. The van der Waals surface area contributed by atoms with Gasteiger partial charge in [0.2, 0.25) is 5.91 Å². The molecule has 7 heteroatoms. The summed E-state index contributed by atoms with van der Waals surface area (Å²) < 4.78 is 13.1. The Labute approximate surface area is 120 Å². The zero-order valence-electron chi connectivity index (χ0n) is 11.5. The molecule has 0 saturated carbocycles. The van der Waals surface area contributed by atoms with Crippen LogP contribution in [0.1, 0.15) is 27.3 Å². The van der Waals surface area contributed by atoms with Gasteiger partial charge in [-0.15, -0.1) is 0 Å². The molecule has 2 rings (SSSR count). The fraction of sp³-hybridized carbons (Fsp3) is 0.214. The van der Waals surface area contributed by atoms with E-state index in [1.807, 2.05) is 0 Å². The van der Waals surface area contributed by atoms with Crippen molar-refractivity contribution in [1.82, 2.24) is 10.2 Å². The van der Waals surface area contributed by atoms with Crippen LogP contribution in [-0.4, -0.2) is 27.2 Å². The first-order valence-corrected chi connectivity index (χ1v) is 6.21. The van der Waals surface area contributed by atoms with Crippen LogP contribution in [-0.2, 0) is 11.2 Å². The third-order valence-corrected chi connectivity index (χ3v) is 3.10. The number of H-pyrrole nitrogens is 1. The molecule has 0 atom stereocenters. The summed E-state index contributed by atoms with van der Waals surface area (Å²) in [5.74, 6) is -2.37. The van der Waals surface area contributed by atoms with E-state index >= 15 is 0 Å². The maximum atomic E-state index is 13.1. The summed E-state index contributed by atoms with van der Waals surface area (Å²) in [6, 6.07) is 3.19. The van der Waals surface area contributed by atoms with Crippen LogP contribution >= 0.6 is 0 Å². The Bertz CT molecular complexity index is 690. The van der Waals surface area contributed by atoms with Gasteiger partial charge >= 0.3 is 5.97 Å². The number of carbonyl (C=O) groups is 2. The molecule has 0 radical (unpaired) electrons. The van der Waals surface area contributed by atoms with E-state index < -0.39 is 17.7 Å². The first kappa shape index (κ1) is 14.7. The third-order valence-electron chi connectivity index (χ3n) is 3.10. The van der Waals surface area contributed by atoms with E-state index in [9.17, 15) is 14.0 Å². The second kappa shape index (κ2) is 5.74. The van der Waals surface area contributed by atoms with Crippen molar-refractivity contribution in [1.29, 1.82) is 0 Å². The molecule has 1 aromatic heterocycles. The van der Waals surface area contributed by atoms with Gasteiger partial charge in [-0.05, 0) is 32.0 Å². The molecule has 110 valence electrons. The number of rotatable bonds is 4. The number of halogens is 1. The monoisotopic (exact) mass is 291 g/mol. The van der Waals surface area contributed by atoms with Crippen molar-refractivity contribution in [2.45, 2.75) is 20.3 Å². The van der Waals surface area contributed by atoms with Crippen molar-refractivity contribution in [2.24, 2.45) is 0 Å². The number of aryl methyl sites for hydroxylation is 2. The molecular formula is C14H14FN3O3. The molecule has 1 heterocycles. The number of anilines is 1. The normalized spacial score (nSPS) is 10.4. The lowest BCUT2D eigenvalue weighted by atomic mass is 10.1. The summed E-state index contributed by atoms with van der Waals surface area (Å²) in [5.41, 5.74) is 2.02. The Hall–Kier alpha value is -2.70. The van der Waals surface area contributed by atoms with Gasteiger partial charge in [0.05, 0.1) is 23.4 Å². The number of nitrogens with zero attached hydrogens (tertiary/aromatic N) is 1. The van der Waals surface area contributed by atoms with Gasteiger partial charge in [0.1, 0.15) is 5.82 Å². The van der Waals surface area contributed by atoms with Crippen LogP contribution in [0.25, 0.3) is 0 Å². The summed E-state index contributed by atoms with van der Waals surface area (Å²) in [5, 5.41) is 18.3.